The number of aromatic nitrogens is 7. The van der Waals surface area contributed by atoms with Gasteiger partial charge in [0.1, 0.15) is 11.2 Å². The molecule has 0 saturated carbocycles. The van der Waals surface area contributed by atoms with Gasteiger partial charge in [-0.2, -0.15) is 21.5 Å². The van der Waals surface area contributed by atoms with Crippen LogP contribution in [0, 0.1) is 0 Å². The fourth-order valence-corrected chi connectivity index (χ4v) is 4.09. The van der Waals surface area contributed by atoms with Crippen molar-refractivity contribution in [2.24, 2.45) is 0 Å². The molecular formula is C20H13N7S. The fraction of sp³-hybridized carbons (Fsp3) is 0. The van der Waals surface area contributed by atoms with E-state index in [-0.39, 0.29) is 0 Å². The Balaban J connectivity index is 1.55. The topological polar surface area (TPSA) is 98.9 Å². The van der Waals surface area contributed by atoms with E-state index in [4.69, 9.17) is 4.98 Å². The van der Waals surface area contributed by atoms with Crippen molar-refractivity contribution in [3.05, 3.63) is 59.7 Å². The number of aromatic amines is 3. The van der Waals surface area contributed by atoms with Crippen LogP contribution in [0.25, 0.3) is 55.8 Å². The van der Waals surface area contributed by atoms with Crippen molar-refractivity contribution < 1.29 is 0 Å². The Bertz CT molecular complexity index is 1410. The van der Waals surface area contributed by atoms with E-state index in [2.05, 4.69) is 53.3 Å². The van der Waals surface area contributed by atoms with Crippen molar-refractivity contribution >= 4 is 33.3 Å². The van der Waals surface area contributed by atoms with E-state index in [0.717, 1.165) is 55.8 Å². The minimum Gasteiger partial charge on any atom is -0.353 e. The monoisotopic (exact) mass is 383 g/mol. The molecule has 7 nitrogen and oxygen atoms in total. The quantitative estimate of drug-likeness (QED) is 0.415. The minimum absolute atomic E-state index is 0.785. The highest BCUT2D eigenvalue weighted by molar-refractivity contribution is 7.08. The molecule has 0 aliphatic rings. The number of fused-ring (bicyclic) bond motifs is 2. The zero-order chi connectivity index (χ0) is 18.5. The summed E-state index contributed by atoms with van der Waals surface area (Å²) in [7, 11) is 0. The zero-order valence-electron chi connectivity index (χ0n) is 14.5. The van der Waals surface area contributed by atoms with Gasteiger partial charge in [-0.25, -0.2) is 4.98 Å². The molecule has 0 unspecified atom stereocenters. The Hall–Kier alpha value is -3.78. The molecule has 3 N–H and O–H groups in total. The first-order valence-electron chi connectivity index (χ1n) is 8.72. The van der Waals surface area contributed by atoms with Gasteiger partial charge >= 0.3 is 0 Å². The van der Waals surface area contributed by atoms with E-state index in [9.17, 15) is 0 Å². The van der Waals surface area contributed by atoms with Gasteiger partial charge in [-0.05, 0) is 35.7 Å². The molecule has 0 spiro atoms. The molecule has 0 atom stereocenters. The van der Waals surface area contributed by atoms with Crippen LogP contribution < -0.4 is 0 Å². The summed E-state index contributed by atoms with van der Waals surface area (Å²) in [6.07, 6.45) is 5.42. The predicted octanol–water partition coefficient (Wildman–Crippen LogP) is 4.62. The molecule has 6 rings (SSSR count). The lowest BCUT2D eigenvalue weighted by Crippen LogP contribution is -1.84. The number of nitrogens with zero attached hydrogens (tertiary/aromatic N) is 4. The lowest BCUT2D eigenvalue weighted by molar-refractivity contribution is 1.09. The van der Waals surface area contributed by atoms with Gasteiger partial charge in [0.05, 0.1) is 28.8 Å². The van der Waals surface area contributed by atoms with E-state index < -0.39 is 0 Å². The predicted molar refractivity (Wildman–Crippen MR) is 110 cm³/mol. The normalized spacial score (nSPS) is 11.6. The summed E-state index contributed by atoms with van der Waals surface area (Å²) < 4.78 is 0. The Kier molecular flexibility index (Phi) is 3.20. The Labute approximate surface area is 162 Å². The van der Waals surface area contributed by atoms with Crippen molar-refractivity contribution in [2.75, 3.05) is 0 Å². The highest BCUT2D eigenvalue weighted by atomic mass is 32.1. The first kappa shape index (κ1) is 15.3. The molecule has 0 aliphatic carbocycles. The first-order chi connectivity index (χ1) is 13.9. The summed E-state index contributed by atoms with van der Waals surface area (Å²) in [6.45, 7) is 0. The molecule has 0 radical (unpaired) electrons. The fourth-order valence-electron chi connectivity index (χ4n) is 3.45. The van der Waals surface area contributed by atoms with Crippen LogP contribution in [0.4, 0.5) is 0 Å². The summed E-state index contributed by atoms with van der Waals surface area (Å²) in [5, 5.41) is 19.7. The molecule has 6 aromatic heterocycles. The second-order valence-corrected chi connectivity index (χ2v) is 7.25. The SMILES string of the molecule is c1cc2[nH]c(-c3n[nH]c4ccc(-c5cn[nH]c5)nc34)cc2c(-c2ccsc2)n1. The summed E-state index contributed by atoms with van der Waals surface area (Å²) in [5.41, 5.74) is 8.29. The second kappa shape index (κ2) is 5.86. The van der Waals surface area contributed by atoms with Crippen molar-refractivity contribution in [2.45, 2.75) is 0 Å². The van der Waals surface area contributed by atoms with E-state index in [0.29, 0.717) is 0 Å². The number of hydrogen-bond donors (Lipinski definition) is 3. The number of nitrogens with one attached hydrogen (secondary N) is 3. The van der Waals surface area contributed by atoms with Crippen molar-refractivity contribution in [1.82, 2.24) is 35.3 Å². The maximum absolute atomic E-state index is 4.81. The number of rotatable bonds is 3. The largest absolute Gasteiger partial charge is 0.353 e. The first-order valence-corrected chi connectivity index (χ1v) is 9.66. The molecule has 6 aromatic rings. The molecule has 28 heavy (non-hydrogen) atoms. The molecule has 8 heteroatoms. The highest BCUT2D eigenvalue weighted by Gasteiger charge is 2.16. The van der Waals surface area contributed by atoms with Crippen LogP contribution in [0.15, 0.2) is 59.7 Å². The number of hydrogen-bond acceptors (Lipinski definition) is 5. The summed E-state index contributed by atoms with van der Waals surface area (Å²) >= 11 is 1.66. The van der Waals surface area contributed by atoms with Gasteiger partial charge in [-0.15, -0.1) is 0 Å². The van der Waals surface area contributed by atoms with Gasteiger partial charge in [0.2, 0.25) is 0 Å². The lowest BCUT2D eigenvalue weighted by Gasteiger charge is -1.98. The number of H-pyrrole nitrogens is 3. The second-order valence-electron chi connectivity index (χ2n) is 6.47. The van der Waals surface area contributed by atoms with Gasteiger partial charge < -0.3 is 4.98 Å². The molecule has 0 bridgehead atoms. The van der Waals surface area contributed by atoms with Crippen LogP contribution in [-0.2, 0) is 0 Å². The van der Waals surface area contributed by atoms with Crippen LogP contribution >= 0.6 is 11.3 Å². The summed E-state index contributed by atoms with van der Waals surface area (Å²) in [4.78, 5) is 12.9. The minimum atomic E-state index is 0.785. The van der Waals surface area contributed by atoms with Crippen LogP contribution in [0.1, 0.15) is 0 Å². The third-order valence-corrected chi connectivity index (χ3v) is 5.48. The molecule has 0 fully saturated rings. The lowest BCUT2D eigenvalue weighted by atomic mass is 10.1. The van der Waals surface area contributed by atoms with Crippen LogP contribution in [0.2, 0.25) is 0 Å². The van der Waals surface area contributed by atoms with Crippen LogP contribution in [0.5, 0.6) is 0 Å². The average molecular weight is 383 g/mol. The molecule has 0 aliphatic heterocycles. The molecular weight excluding hydrogens is 370 g/mol. The van der Waals surface area contributed by atoms with Crippen molar-refractivity contribution in [3.8, 4) is 33.9 Å². The third kappa shape index (κ3) is 2.28. The molecule has 0 aromatic carbocycles. The van der Waals surface area contributed by atoms with Gasteiger partial charge in [0, 0.05) is 39.8 Å². The number of pyridine rings is 2. The van der Waals surface area contributed by atoms with Crippen molar-refractivity contribution in [3.63, 3.8) is 0 Å². The number of thiophene rings is 1. The van der Waals surface area contributed by atoms with E-state index in [1.54, 1.807) is 17.5 Å². The molecule has 6 heterocycles. The van der Waals surface area contributed by atoms with Crippen LogP contribution in [-0.4, -0.2) is 35.3 Å². The maximum atomic E-state index is 4.81. The van der Waals surface area contributed by atoms with E-state index >= 15 is 0 Å². The van der Waals surface area contributed by atoms with Crippen LogP contribution in [0.3, 0.4) is 0 Å². The zero-order valence-corrected chi connectivity index (χ0v) is 15.3. The molecule has 0 saturated heterocycles. The van der Waals surface area contributed by atoms with Gasteiger partial charge in [-0.1, -0.05) is 0 Å². The maximum Gasteiger partial charge on any atom is 0.135 e. The average Bonchev–Trinajstić information content (AvgIpc) is 3.53. The van der Waals surface area contributed by atoms with Gasteiger partial charge in [-0.3, -0.25) is 15.2 Å². The van der Waals surface area contributed by atoms with E-state index in [1.807, 2.05) is 30.6 Å². The summed E-state index contributed by atoms with van der Waals surface area (Å²) in [5.74, 6) is 0. The Morgan fingerprint density at radius 3 is 2.82 bits per heavy atom. The van der Waals surface area contributed by atoms with Gasteiger partial charge in [0.15, 0.2) is 0 Å². The molecule has 134 valence electrons. The Morgan fingerprint density at radius 2 is 1.96 bits per heavy atom. The van der Waals surface area contributed by atoms with Gasteiger partial charge in [0.25, 0.3) is 0 Å². The third-order valence-electron chi connectivity index (χ3n) is 4.80. The standard InChI is InChI=1S/C20H13N7S/c1-2-16-19(25-14(1)12-8-22-23-9-12)20(27-26-16)17-7-13-15(24-17)3-5-21-18(13)11-4-6-28-10-11/h1-10,24H,(H,22,23)(H,26,27). The molecule has 0 amide bonds. The van der Waals surface area contributed by atoms with E-state index in [1.165, 1.54) is 0 Å². The summed E-state index contributed by atoms with van der Waals surface area (Å²) in [6, 6.07) is 10.1. The highest BCUT2D eigenvalue weighted by Crippen LogP contribution is 2.33. The Morgan fingerprint density at radius 1 is 0.964 bits per heavy atom. The smallest absolute Gasteiger partial charge is 0.135 e. The van der Waals surface area contributed by atoms with Crippen molar-refractivity contribution in [1.29, 1.82) is 0 Å².